The van der Waals surface area contributed by atoms with E-state index in [-0.39, 0.29) is 17.2 Å². The lowest BCUT2D eigenvalue weighted by molar-refractivity contribution is -0.144. The SMILES string of the molecule is C[C@H]1C[C@@H]1C(=O)N1CC2(CCN(S(C)(=O)=O)C2)C1. The van der Waals surface area contributed by atoms with Crippen molar-refractivity contribution in [3.05, 3.63) is 0 Å². The van der Waals surface area contributed by atoms with Crippen LogP contribution in [0.4, 0.5) is 0 Å². The van der Waals surface area contributed by atoms with Crippen molar-refractivity contribution in [1.29, 1.82) is 0 Å². The van der Waals surface area contributed by atoms with Gasteiger partial charge in [-0.2, -0.15) is 0 Å². The first kappa shape index (κ1) is 12.4. The summed E-state index contributed by atoms with van der Waals surface area (Å²) in [6.07, 6.45) is 3.18. The minimum Gasteiger partial charge on any atom is -0.341 e. The standard InChI is InChI=1S/C12H20N2O3S/c1-9-5-10(9)11(15)13-6-12(7-13)3-4-14(8-12)18(2,16)17/h9-10H,3-8H2,1-2H3/t9-,10-/m0/s1. The first-order valence-corrected chi connectivity index (χ1v) is 8.40. The van der Waals surface area contributed by atoms with E-state index in [0.717, 1.165) is 25.9 Å². The Morgan fingerprint density at radius 2 is 1.89 bits per heavy atom. The Morgan fingerprint density at radius 1 is 1.28 bits per heavy atom. The van der Waals surface area contributed by atoms with Crippen LogP contribution >= 0.6 is 0 Å². The van der Waals surface area contributed by atoms with Crippen molar-refractivity contribution in [1.82, 2.24) is 9.21 Å². The molecule has 2 heterocycles. The Balaban J connectivity index is 1.57. The van der Waals surface area contributed by atoms with Gasteiger partial charge in [0.2, 0.25) is 15.9 Å². The number of nitrogens with zero attached hydrogens (tertiary/aromatic N) is 2. The molecule has 1 spiro atoms. The van der Waals surface area contributed by atoms with Gasteiger partial charge in [-0.25, -0.2) is 12.7 Å². The molecule has 102 valence electrons. The van der Waals surface area contributed by atoms with E-state index in [1.165, 1.54) is 6.26 Å². The zero-order chi connectivity index (χ0) is 13.1. The lowest BCUT2D eigenvalue weighted by Gasteiger charge is -2.48. The summed E-state index contributed by atoms with van der Waals surface area (Å²) in [5.41, 5.74) is 0.0524. The van der Waals surface area contributed by atoms with Crippen LogP contribution in [0.2, 0.25) is 0 Å². The predicted octanol–water partition coefficient (Wildman–Crippen LogP) is 0.136. The van der Waals surface area contributed by atoms with Crippen molar-refractivity contribution >= 4 is 15.9 Å². The third kappa shape index (κ3) is 1.95. The van der Waals surface area contributed by atoms with Crippen LogP contribution in [0.1, 0.15) is 19.8 Å². The van der Waals surface area contributed by atoms with Gasteiger partial charge in [-0.05, 0) is 18.8 Å². The Morgan fingerprint density at radius 3 is 2.33 bits per heavy atom. The highest BCUT2D eigenvalue weighted by Crippen LogP contribution is 2.45. The fraction of sp³-hybridized carbons (Fsp3) is 0.917. The number of hydrogen-bond acceptors (Lipinski definition) is 3. The van der Waals surface area contributed by atoms with Crippen LogP contribution in [0.5, 0.6) is 0 Å². The average Bonchev–Trinajstić information content (AvgIpc) is 2.78. The van der Waals surface area contributed by atoms with E-state index in [1.54, 1.807) is 4.31 Å². The molecule has 1 amide bonds. The smallest absolute Gasteiger partial charge is 0.226 e. The molecule has 0 radical (unpaired) electrons. The van der Waals surface area contributed by atoms with Crippen LogP contribution in [0, 0.1) is 17.3 Å². The summed E-state index contributed by atoms with van der Waals surface area (Å²) in [6, 6.07) is 0. The number of sulfonamides is 1. The molecular weight excluding hydrogens is 252 g/mol. The third-order valence-electron chi connectivity index (χ3n) is 4.66. The number of amides is 1. The van der Waals surface area contributed by atoms with Crippen LogP contribution in [0.15, 0.2) is 0 Å². The van der Waals surface area contributed by atoms with Gasteiger partial charge >= 0.3 is 0 Å². The van der Waals surface area contributed by atoms with Gasteiger partial charge in [0.05, 0.1) is 6.26 Å². The molecule has 2 saturated heterocycles. The minimum absolute atomic E-state index is 0.0524. The topological polar surface area (TPSA) is 57.7 Å². The van der Waals surface area contributed by atoms with Gasteiger partial charge in [-0.3, -0.25) is 4.79 Å². The second-order valence-electron chi connectivity index (χ2n) is 6.36. The molecule has 3 rings (SSSR count). The van der Waals surface area contributed by atoms with Gasteiger partial charge in [-0.15, -0.1) is 0 Å². The summed E-state index contributed by atoms with van der Waals surface area (Å²) in [6.45, 7) is 4.82. The maximum absolute atomic E-state index is 12.0. The first-order valence-electron chi connectivity index (χ1n) is 6.55. The lowest BCUT2D eigenvalue weighted by atomic mass is 9.79. The molecule has 3 fully saturated rings. The van der Waals surface area contributed by atoms with Gasteiger partial charge < -0.3 is 4.90 Å². The third-order valence-corrected chi connectivity index (χ3v) is 5.91. The number of rotatable bonds is 2. The summed E-state index contributed by atoms with van der Waals surface area (Å²) < 4.78 is 24.5. The number of carbonyl (C=O) groups excluding carboxylic acids is 1. The van der Waals surface area contributed by atoms with Crippen LogP contribution < -0.4 is 0 Å². The van der Waals surface area contributed by atoms with Crippen LogP contribution in [0.25, 0.3) is 0 Å². The molecule has 1 saturated carbocycles. The van der Waals surface area contributed by atoms with Crippen molar-refractivity contribution in [3.63, 3.8) is 0 Å². The molecule has 0 unspecified atom stereocenters. The highest BCUT2D eigenvalue weighted by atomic mass is 32.2. The Kier molecular flexibility index (Phi) is 2.55. The zero-order valence-electron chi connectivity index (χ0n) is 10.9. The molecule has 1 aliphatic carbocycles. The lowest BCUT2D eigenvalue weighted by Crippen LogP contribution is -2.60. The van der Waals surface area contributed by atoms with Crippen LogP contribution in [0.3, 0.4) is 0 Å². The number of hydrogen-bond donors (Lipinski definition) is 0. The number of likely N-dealkylation sites (tertiary alicyclic amines) is 1. The monoisotopic (exact) mass is 272 g/mol. The second kappa shape index (κ2) is 3.70. The molecule has 2 aliphatic heterocycles. The van der Waals surface area contributed by atoms with E-state index in [0.29, 0.717) is 19.0 Å². The maximum Gasteiger partial charge on any atom is 0.226 e. The zero-order valence-corrected chi connectivity index (χ0v) is 11.7. The minimum atomic E-state index is -3.07. The van der Waals surface area contributed by atoms with Crippen LogP contribution in [-0.2, 0) is 14.8 Å². The molecule has 3 aliphatic rings. The average molecular weight is 272 g/mol. The summed E-state index contributed by atoms with van der Waals surface area (Å²) in [5.74, 6) is 1.07. The van der Waals surface area contributed by atoms with Crippen molar-refractivity contribution in [3.8, 4) is 0 Å². The van der Waals surface area contributed by atoms with Gasteiger partial charge in [-0.1, -0.05) is 6.92 Å². The summed E-state index contributed by atoms with van der Waals surface area (Å²) in [7, 11) is -3.07. The maximum atomic E-state index is 12.0. The highest BCUT2D eigenvalue weighted by molar-refractivity contribution is 7.88. The highest BCUT2D eigenvalue weighted by Gasteiger charge is 2.53. The molecule has 0 N–H and O–H groups in total. The van der Waals surface area contributed by atoms with E-state index in [4.69, 9.17) is 0 Å². The molecule has 0 aromatic heterocycles. The molecule has 0 aromatic rings. The molecule has 18 heavy (non-hydrogen) atoms. The van der Waals surface area contributed by atoms with Crippen molar-refractivity contribution in [2.45, 2.75) is 19.8 Å². The summed E-state index contributed by atoms with van der Waals surface area (Å²) in [4.78, 5) is 13.9. The van der Waals surface area contributed by atoms with Crippen molar-refractivity contribution < 1.29 is 13.2 Å². The largest absolute Gasteiger partial charge is 0.341 e. The van der Waals surface area contributed by atoms with E-state index in [9.17, 15) is 13.2 Å². The Hall–Kier alpha value is -0.620. The first-order chi connectivity index (χ1) is 8.31. The predicted molar refractivity (Wildman–Crippen MR) is 67.3 cm³/mol. The van der Waals surface area contributed by atoms with Gasteiger partial charge in [0.25, 0.3) is 0 Å². The number of carbonyl (C=O) groups is 1. The van der Waals surface area contributed by atoms with E-state index >= 15 is 0 Å². The molecule has 0 aromatic carbocycles. The quantitative estimate of drug-likeness (QED) is 0.718. The van der Waals surface area contributed by atoms with Gasteiger partial charge in [0.1, 0.15) is 0 Å². The van der Waals surface area contributed by atoms with E-state index < -0.39 is 10.0 Å². The van der Waals surface area contributed by atoms with E-state index in [2.05, 4.69) is 6.92 Å². The molecular formula is C12H20N2O3S. The normalized spacial score (nSPS) is 34.7. The summed E-state index contributed by atoms with van der Waals surface area (Å²) >= 11 is 0. The molecule has 6 heteroatoms. The van der Waals surface area contributed by atoms with Crippen LogP contribution in [-0.4, -0.2) is 56.0 Å². The van der Waals surface area contributed by atoms with Gasteiger partial charge in [0, 0.05) is 37.5 Å². The molecule has 0 bridgehead atoms. The van der Waals surface area contributed by atoms with E-state index in [1.807, 2.05) is 4.90 Å². The van der Waals surface area contributed by atoms with Crippen molar-refractivity contribution in [2.75, 3.05) is 32.4 Å². The summed E-state index contributed by atoms with van der Waals surface area (Å²) in [5, 5.41) is 0. The fourth-order valence-corrected chi connectivity index (χ4v) is 4.19. The molecule has 2 atom stereocenters. The second-order valence-corrected chi connectivity index (χ2v) is 8.34. The molecule has 5 nitrogen and oxygen atoms in total. The fourth-order valence-electron chi connectivity index (χ4n) is 3.26. The Bertz CT molecular complexity index is 482. The Labute approximate surface area is 108 Å². The van der Waals surface area contributed by atoms with Crippen molar-refractivity contribution in [2.24, 2.45) is 17.3 Å². The van der Waals surface area contributed by atoms with Gasteiger partial charge in [0.15, 0.2) is 0 Å².